The third-order valence-electron chi connectivity index (χ3n) is 4.65. The lowest BCUT2D eigenvalue weighted by Gasteiger charge is -2.30. The molecule has 0 atom stereocenters. The van der Waals surface area contributed by atoms with Crippen molar-refractivity contribution in [1.29, 1.82) is 5.26 Å². The molecule has 3 rings (SSSR count). The number of benzene rings is 1. The average molecular weight is 376 g/mol. The second kappa shape index (κ2) is 7.22. The molecule has 3 N–H and O–H groups in total. The first-order valence-corrected chi connectivity index (χ1v) is 8.73. The van der Waals surface area contributed by atoms with Gasteiger partial charge in [0.25, 0.3) is 11.8 Å². The molecule has 2 fully saturated rings. The Kier molecular flexibility index (Phi) is 5.00. The summed E-state index contributed by atoms with van der Waals surface area (Å²) in [6.45, 7) is -0.170. The zero-order valence-corrected chi connectivity index (χ0v) is 14.7. The predicted octanol–water partition coefficient (Wildman–Crippen LogP) is 1.91. The van der Waals surface area contributed by atoms with Crippen molar-refractivity contribution in [2.75, 3.05) is 11.9 Å². The highest BCUT2D eigenvalue weighted by Crippen LogP contribution is 2.32. The minimum Gasteiger partial charge on any atom is -0.376 e. The van der Waals surface area contributed by atoms with E-state index >= 15 is 0 Å². The second-order valence-electron chi connectivity index (χ2n) is 6.41. The van der Waals surface area contributed by atoms with Crippen LogP contribution < -0.4 is 16.1 Å². The van der Waals surface area contributed by atoms with Gasteiger partial charge in [0.15, 0.2) is 0 Å². The van der Waals surface area contributed by atoms with Crippen LogP contribution in [0.5, 0.6) is 0 Å². The van der Waals surface area contributed by atoms with Crippen LogP contribution in [0.15, 0.2) is 18.2 Å². The first-order chi connectivity index (χ1) is 12.4. The van der Waals surface area contributed by atoms with Crippen LogP contribution in [-0.4, -0.2) is 34.9 Å². The number of amides is 4. The molecule has 2 aliphatic rings. The summed E-state index contributed by atoms with van der Waals surface area (Å²) in [5.41, 5.74) is 2.27. The van der Waals surface area contributed by atoms with E-state index in [1.807, 2.05) is 6.07 Å². The fourth-order valence-electron chi connectivity index (χ4n) is 3.28. The molecule has 0 unspecified atom stereocenters. The van der Waals surface area contributed by atoms with Crippen molar-refractivity contribution < 1.29 is 14.4 Å². The van der Waals surface area contributed by atoms with Gasteiger partial charge in [0.1, 0.15) is 11.6 Å². The first kappa shape index (κ1) is 18.0. The fourth-order valence-corrected chi connectivity index (χ4v) is 3.44. The highest BCUT2D eigenvalue weighted by Gasteiger charge is 2.52. The van der Waals surface area contributed by atoms with Gasteiger partial charge in [0.2, 0.25) is 0 Å². The Morgan fingerprint density at radius 2 is 2.04 bits per heavy atom. The van der Waals surface area contributed by atoms with Gasteiger partial charge in [-0.3, -0.25) is 15.0 Å². The SMILES string of the molecule is N#Cc1cc(NCC(=O)NN2C(=O)NC3(CCCCC3)C2=O)ccc1Cl. The molecule has 26 heavy (non-hydrogen) atoms. The molecule has 1 spiro atoms. The second-order valence-corrected chi connectivity index (χ2v) is 6.82. The van der Waals surface area contributed by atoms with E-state index in [1.54, 1.807) is 12.1 Å². The molecule has 1 aliphatic heterocycles. The quantitative estimate of drug-likeness (QED) is 0.695. The Hall–Kier alpha value is -2.79. The predicted molar refractivity (Wildman–Crippen MR) is 94.0 cm³/mol. The van der Waals surface area contributed by atoms with E-state index < -0.39 is 23.4 Å². The number of nitrogens with one attached hydrogen (secondary N) is 3. The Labute approximate surface area is 155 Å². The molecular weight excluding hydrogens is 358 g/mol. The summed E-state index contributed by atoms with van der Waals surface area (Å²) in [6, 6.07) is 6.03. The number of imide groups is 1. The molecule has 136 valence electrons. The standard InChI is InChI=1S/C17H18ClN5O3/c18-13-5-4-12(8-11(13)9-19)20-10-14(24)22-23-15(25)17(21-16(23)26)6-2-1-3-7-17/h4-5,8,20H,1-3,6-7,10H2,(H,21,26)(H,22,24). The lowest BCUT2D eigenvalue weighted by atomic mass is 9.82. The fraction of sp³-hybridized carbons (Fsp3) is 0.412. The molecule has 0 aromatic heterocycles. The lowest BCUT2D eigenvalue weighted by Crippen LogP contribution is -2.51. The van der Waals surface area contributed by atoms with E-state index in [9.17, 15) is 14.4 Å². The molecule has 1 aromatic rings. The largest absolute Gasteiger partial charge is 0.376 e. The van der Waals surface area contributed by atoms with Crippen molar-refractivity contribution in [3.05, 3.63) is 28.8 Å². The van der Waals surface area contributed by atoms with Gasteiger partial charge in [-0.25, -0.2) is 4.79 Å². The molecule has 1 aliphatic carbocycles. The summed E-state index contributed by atoms with van der Waals surface area (Å²) in [7, 11) is 0. The number of carbonyl (C=O) groups excluding carboxylic acids is 3. The molecule has 1 saturated heterocycles. The number of nitrogens with zero attached hydrogens (tertiary/aromatic N) is 2. The van der Waals surface area contributed by atoms with Gasteiger partial charge in [0.05, 0.1) is 17.1 Å². The van der Waals surface area contributed by atoms with Crippen molar-refractivity contribution in [3.63, 3.8) is 0 Å². The molecular formula is C17H18ClN5O3. The van der Waals surface area contributed by atoms with Crippen LogP contribution in [0.3, 0.4) is 0 Å². The van der Waals surface area contributed by atoms with Crippen LogP contribution in [0, 0.1) is 11.3 Å². The number of nitriles is 1. The Morgan fingerprint density at radius 1 is 1.31 bits per heavy atom. The maximum absolute atomic E-state index is 12.6. The van der Waals surface area contributed by atoms with Crippen molar-refractivity contribution in [2.24, 2.45) is 0 Å². The van der Waals surface area contributed by atoms with Crippen LogP contribution in [0.25, 0.3) is 0 Å². The van der Waals surface area contributed by atoms with E-state index in [0.717, 1.165) is 24.3 Å². The van der Waals surface area contributed by atoms with Crippen molar-refractivity contribution >= 4 is 35.1 Å². The van der Waals surface area contributed by atoms with Crippen molar-refractivity contribution in [1.82, 2.24) is 15.8 Å². The number of carbonyl (C=O) groups is 3. The molecule has 8 nitrogen and oxygen atoms in total. The molecule has 0 bridgehead atoms. The van der Waals surface area contributed by atoms with Gasteiger partial charge in [-0.05, 0) is 31.0 Å². The minimum absolute atomic E-state index is 0.170. The summed E-state index contributed by atoms with van der Waals surface area (Å²) >= 11 is 5.86. The maximum atomic E-state index is 12.6. The number of halogens is 1. The highest BCUT2D eigenvalue weighted by atomic mass is 35.5. The molecule has 0 radical (unpaired) electrons. The molecule has 9 heteroatoms. The normalized spacial score (nSPS) is 18.4. The first-order valence-electron chi connectivity index (χ1n) is 8.35. The van der Waals surface area contributed by atoms with Crippen LogP contribution >= 0.6 is 11.6 Å². The molecule has 1 aromatic carbocycles. The number of urea groups is 1. The smallest absolute Gasteiger partial charge is 0.344 e. The van der Waals surface area contributed by atoms with E-state index in [4.69, 9.17) is 16.9 Å². The number of rotatable bonds is 4. The Balaban J connectivity index is 1.59. The average Bonchev–Trinajstić information content (AvgIpc) is 2.85. The highest BCUT2D eigenvalue weighted by molar-refractivity contribution is 6.31. The van der Waals surface area contributed by atoms with E-state index in [0.29, 0.717) is 23.6 Å². The molecule has 1 saturated carbocycles. The van der Waals surface area contributed by atoms with Gasteiger partial charge < -0.3 is 10.6 Å². The molecule has 1 heterocycles. The summed E-state index contributed by atoms with van der Waals surface area (Å²) in [5, 5.41) is 15.6. The van der Waals surface area contributed by atoms with E-state index in [-0.39, 0.29) is 12.1 Å². The Morgan fingerprint density at radius 3 is 2.73 bits per heavy atom. The van der Waals surface area contributed by atoms with Crippen molar-refractivity contribution in [2.45, 2.75) is 37.6 Å². The summed E-state index contributed by atoms with van der Waals surface area (Å²) in [6.07, 6.45) is 3.95. The maximum Gasteiger partial charge on any atom is 0.344 e. The third-order valence-corrected chi connectivity index (χ3v) is 4.97. The van der Waals surface area contributed by atoms with Crippen LogP contribution in [-0.2, 0) is 9.59 Å². The Bertz CT molecular complexity index is 798. The van der Waals surface area contributed by atoms with E-state index in [2.05, 4.69) is 16.1 Å². The van der Waals surface area contributed by atoms with Gasteiger partial charge in [0, 0.05) is 5.69 Å². The van der Waals surface area contributed by atoms with Crippen LogP contribution in [0.4, 0.5) is 10.5 Å². The number of hydrogen-bond donors (Lipinski definition) is 3. The lowest BCUT2D eigenvalue weighted by molar-refractivity contribution is -0.139. The van der Waals surface area contributed by atoms with Gasteiger partial charge in [-0.1, -0.05) is 30.9 Å². The van der Waals surface area contributed by atoms with Gasteiger partial charge >= 0.3 is 6.03 Å². The summed E-state index contributed by atoms with van der Waals surface area (Å²) in [5.74, 6) is -0.955. The number of hydrogen-bond acceptors (Lipinski definition) is 5. The van der Waals surface area contributed by atoms with Gasteiger partial charge in [-0.2, -0.15) is 10.3 Å². The zero-order valence-electron chi connectivity index (χ0n) is 14.0. The number of hydrazine groups is 1. The monoisotopic (exact) mass is 375 g/mol. The zero-order chi connectivity index (χ0) is 18.7. The summed E-state index contributed by atoms with van der Waals surface area (Å²) in [4.78, 5) is 36.8. The van der Waals surface area contributed by atoms with Crippen LogP contribution in [0.2, 0.25) is 5.02 Å². The minimum atomic E-state index is -0.881. The van der Waals surface area contributed by atoms with E-state index in [1.165, 1.54) is 6.07 Å². The molecule has 4 amide bonds. The summed E-state index contributed by atoms with van der Waals surface area (Å²) < 4.78 is 0. The number of anilines is 1. The topological polar surface area (TPSA) is 114 Å². The van der Waals surface area contributed by atoms with Crippen LogP contribution in [0.1, 0.15) is 37.7 Å². The van der Waals surface area contributed by atoms with Gasteiger partial charge in [-0.15, -0.1) is 0 Å². The van der Waals surface area contributed by atoms with Crippen molar-refractivity contribution in [3.8, 4) is 6.07 Å². The third kappa shape index (κ3) is 3.44.